The second-order valence-corrected chi connectivity index (χ2v) is 5.75. The van der Waals surface area contributed by atoms with Crippen molar-refractivity contribution < 1.29 is 19.2 Å². The number of carbonyl (C=O) groups is 2. The first-order valence-corrected chi connectivity index (χ1v) is 7.83. The fourth-order valence-corrected chi connectivity index (χ4v) is 2.24. The third-order valence-electron chi connectivity index (χ3n) is 3.83. The molecule has 2 rings (SSSR count). The lowest BCUT2D eigenvalue weighted by molar-refractivity contribution is -0.385. The van der Waals surface area contributed by atoms with Crippen molar-refractivity contribution >= 4 is 23.3 Å². The Balaban J connectivity index is 1.90. The van der Waals surface area contributed by atoms with E-state index in [0.29, 0.717) is 11.3 Å². The number of nitro groups is 1. The van der Waals surface area contributed by atoms with Crippen LogP contribution in [0.4, 0.5) is 16.2 Å². The third kappa shape index (κ3) is 4.79. The highest BCUT2D eigenvalue weighted by molar-refractivity contribution is 6.01. The van der Waals surface area contributed by atoms with E-state index in [2.05, 4.69) is 10.6 Å². The van der Waals surface area contributed by atoms with E-state index in [-0.39, 0.29) is 11.4 Å². The molecule has 26 heavy (non-hydrogen) atoms. The van der Waals surface area contributed by atoms with Gasteiger partial charge in [-0.05, 0) is 50.1 Å². The Morgan fingerprint density at radius 3 is 2.50 bits per heavy atom. The zero-order chi connectivity index (χ0) is 19.3. The molecule has 0 saturated heterocycles. The number of carbonyl (C=O) groups excluding carboxylic acids is 2. The van der Waals surface area contributed by atoms with E-state index in [1.165, 1.54) is 25.1 Å². The maximum absolute atomic E-state index is 11.9. The predicted octanol–water partition coefficient (Wildman–Crippen LogP) is 3.25. The van der Waals surface area contributed by atoms with Gasteiger partial charge in [0.1, 0.15) is 5.75 Å². The number of imide groups is 1. The summed E-state index contributed by atoms with van der Waals surface area (Å²) in [6.07, 6.45) is 0. The van der Waals surface area contributed by atoms with Crippen LogP contribution in [0.1, 0.15) is 16.7 Å². The fraction of sp³-hybridized carbons (Fsp3) is 0.222. The Hall–Kier alpha value is -3.42. The second kappa shape index (κ2) is 8.11. The number of hydrogen-bond acceptors (Lipinski definition) is 5. The fourth-order valence-electron chi connectivity index (χ4n) is 2.24. The zero-order valence-corrected chi connectivity index (χ0v) is 14.7. The van der Waals surface area contributed by atoms with Crippen LogP contribution in [0.3, 0.4) is 0 Å². The standard InChI is InChI=1S/C18H19N3O5/c1-11-7-8-14(9-12(11)2)19-18(23)20-17(22)10-26-16-6-4-5-15(13(16)3)21(24)25/h4-9H,10H2,1-3H3,(H2,19,20,22,23). The summed E-state index contributed by atoms with van der Waals surface area (Å²) in [7, 11) is 0. The van der Waals surface area contributed by atoms with E-state index in [4.69, 9.17) is 4.74 Å². The van der Waals surface area contributed by atoms with Crippen molar-refractivity contribution in [2.75, 3.05) is 11.9 Å². The smallest absolute Gasteiger partial charge is 0.325 e. The van der Waals surface area contributed by atoms with Crippen LogP contribution >= 0.6 is 0 Å². The molecule has 3 amide bonds. The first-order valence-electron chi connectivity index (χ1n) is 7.83. The zero-order valence-electron chi connectivity index (χ0n) is 14.7. The van der Waals surface area contributed by atoms with Crippen molar-refractivity contribution in [2.24, 2.45) is 0 Å². The number of hydrogen-bond donors (Lipinski definition) is 2. The average Bonchev–Trinajstić information content (AvgIpc) is 2.57. The maximum atomic E-state index is 11.9. The summed E-state index contributed by atoms with van der Waals surface area (Å²) in [5.74, 6) is -0.457. The number of benzene rings is 2. The average molecular weight is 357 g/mol. The Morgan fingerprint density at radius 2 is 1.85 bits per heavy atom. The highest BCUT2D eigenvalue weighted by Gasteiger charge is 2.15. The number of nitro benzene ring substituents is 1. The SMILES string of the molecule is Cc1ccc(NC(=O)NC(=O)COc2cccc([N+](=O)[O-])c2C)cc1C. The molecule has 8 heteroatoms. The van der Waals surface area contributed by atoms with E-state index >= 15 is 0 Å². The topological polar surface area (TPSA) is 111 Å². The normalized spacial score (nSPS) is 10.1. The summed E-state index contributed by atoms with van der Waals surface area (Å²) in [6, 6.07) is 9.03. The van der Waals surface area contributed by atoms with E-state index in [1.54, 1.807) is 12.1 Å². The van der Waals surface area contributed by atoms with Crippen LogP contribution < -0.4 is 15.4 Å². The highest BCUT2D eigenvalue weighted by Crippen LogP contribution is 2.26. The molecule has 0 heterocycles. The molecule has 0 bridgehead atoms. The summed E-state index contributed by atoms with van der Waals surface area (Å²) in [5, 5.41) is 15.6. The maximum Gasteiger partial charge on any atom is 0.325 e. The number of amides is 3. The van der Waals surface area contributed by atoms with E-state index < -0.39 is 23.5 Å². The molecule has 0 unspecified atom stereocenters. The summed E-state index contributed by atoms with van der Waals surface area (Å²) < 4.78 is 5.28. The van der Waals surface area contributed by atoms with Gasteiger partial charge >= 0.3 is 6.03 Å². The molecule has 0 aromatic heterocycles. The van der Waals surface area contributed by atoms with Crippen molar-refractivity contribution in [3.05, 3.63) is 63.2 Å². The molecule has 2 aromatic rings. The van der Waals surface area contributed by atoms with Crippen LogP contribution in [-0.2, 0) is 4.79 Å². The number of nitrogens with one attached hydrogen (secondary N) is 2. The van der Waals surface area contributed by atoms with Crippen LogP contribution in [0.25, 0.3) is 0 Å². The van der Waals surface area contributed by atoms with E-state index in [9.17, 15) is 19.7 Å². The number of ether oxygens (including phenoxy) is 1. The molecule has 0 radical (unpaired) electrons. The van der Waals surface area contributed by atoms with E-state index in [1.807, 2.05) is 19.9 Å². The molecule has 0 aliphatic rings. The molecular weight excluding hydrogens is 338 g/mol. The van der Waals surface area contributed by atoms with Crippen LogP contribution in [0.15, 0.2) is 36.4 Å². The molecule has 136 valence electrons. The largest absolute Gasteiger partial charge is 0.483 e. The molecule has 0 saturated carbocycles. The lowest BCUT2D eigenvalue weighted by Gasteiger charge is -2.10. The minimum atomic E-state index is -0.683. The molecule has 2 aromatic carbocycles. The summed E-state index contributed by atoms with van der Waals surface area (Å²) >= 11 is 0. The summed E-state index contributed by atoms with van der Waals surface area (Å²) in [4.78, 5) is 34.1. The quantitative estimate of drug-likeness (QED) is 0.630. The van der Waals surface area contributed by atoms with Gasteiger partial charge in [0, 0.05) is 11.8 Å². The van der Waals surface area contributed by atoms with Gasteiger partial charge in [0.15, 0.2) is 6.61 Å². The van der Waals surface area contributed by atoms with E-state index in [0.717, 1.165) is 11.1 Å². The Bertz CT molecular complexity index is 864. The molecule has 0 aliphatic heterocycles. The predicted molar refractivity (Wildman–Crippen MR) is 96.4 cm³/mol. The van der Waals surface area contributed by atoms with Crippen LogP contribution in [-0.4, -0.2) is 23.5 Å². The van der Waals surface area contributed by atoms with Gasteiger partial charge in [-0.15, -0.1) is 0 Å². The van der Waals surface area contributed by atoms with Gasteiger partial charge in [0.05, 0.1) is 10.5 Å². The van der Waals surface area contributed by atoms with Crippen LogP contribution in [0, 0.1) is 30.9 Å². The Labute approximate surface area is 150 Å². The van der Waals surface area contributed by atoms with Crippen molar-refractivity contribution in [2.45, 2.75) is 20.8 Å². The first-order chi connectivity index (χ1) is 12.3. The van der Waals surface area contributed by atoms with Gasteiger partial charge in [0.2, 0.25) is 0 Å². The van der Waals surface area contributed by atoms with Gasteiger partial charge < -0.3 is 10.1 Å². The molecular formula is C18H19N3O5. The summed E-state index contributed by atoms with van der Waals surface area (Å²) in [5.41, 5.74) is 2.88. The molecule has 0 fully saturated rings. The van der Waals surface area contributed by atoms with Crippen LogP contribution in [0.5, 0.6) is 5.75 Å². The number of rotatable bonds is 5. The number of urea groups is 1. The minimum absolute atomic E-state index is 0.101. The monoisotopic (exact) mass is 357 g/mol. The van der Waals surface area contributed by atoms with Crippen LogP contribution in [0.2, 0.25) is 0 Å². The van der Waals surface area contributed by atoms with Gasteiger partial charge in [-0.25, -0.2) is 4.79 Å². The summed E-state index contributed by atoms with van der Waals surface area (Å²) in [6.45, 7) is 4.95. The number of nitrogens with zero attached hydrogens (tertiary/aromatic N) is 1. The van der Waals surface area contributed by atoms with Crippen molar-refractivity contribution in [3.63, 3.8) is 0 Å². The molecule has 0 aliphatic carbocycles. The third-order valence-corrected chi connectivity index (χ3v) is 3.83. The van der Waals surface area contributed by atoms with Crippen molar-refractivity contribution in [1.82, 2.24) is 5.32 Å². The van der Waals surface area contributed by atoms with Gasteiger partial charge in [-0.1, -0.05) is 12.1 Å². The molecule has 8 nitrogen and oxygen atoms in total. The number of aryl methyl sites for hydroxylation is 2. The second-order valence-electron chi connectivity index (χ2n) is 5.75. The van der Waals surface area contributed by atoms with Gasteiger partial charge in [0.25, 0.3) is 11.6 Å². The number of anilines is 1. The Kier molecular flexibility index (Phi) is 5.90. The van der Waals surface area contributed by atoms with Gasteiger partial charge in [-0.3, -0.25) is 20.2 Å². The molecule has 0 atom stereocenters. The first kappa shape index (κ1) is 18.9. The van der Waals surface area contributed by atoms with Gasteiger partial charge in [-0.2, -0.15) is 0 Å². The lowest BCUT2D eigenvalue weighted by atomic mass is 10.1. The Morgan fingerprint density at radius 1 is 1.12 bits per heavy atom. The lowest BCUT2D eigenvalue weighted by Crippen LogP contribution is -2.37. The molecule has 2 N–H and O–H groups in total. The highest BCUT2D eigenvalue weighted by atomic mass is 16.6. The van der Waals surface area contributed by atoms with Crippen molar-refractivity contribution in [1.29, 1.82) is 0 Å². The minimum Gasteiger partial charge on any atom is -0.483 e. The van der Waals surface area contributed by atoms with Crippen molar-refractivity contribution in [3.8, 4) is 5.75 Å². The molecule has 0 spiro atoms.